The van der Waals surface area contributed by atoms with Crippen LogP contribution in [-0.2, 0) is 4.79 Å². The number of nitrogens with one attached hydrogen (secondary N) is 1. The minimum absolute atomic E-state index is 0.0803. The average molecular weight is 345 g/mol. The van der Waals surface area contributed by atoms with E-state index >= 15 is 0 Å². The van der Waals surface area contributed by atoms with Gasteiger partial charge in [0.15, 0.2) is 5.58 Å². The van der Waals surface area contributed by atoms with E-state index in [-0.39, 0.29) is 5.91 Å². The summed E-state index contributed by atoms with van der Waals surface area (Å²) in [6.07, 6.45) is 6.03. The number of benzene rings is 1. The summed E-state index contributed by atoms with van der Waals surface area (Å²) in [5.74, 6) is 0.550. The fraction of sp³-hybridized carbons (Fsp3) is 0.579. The average Bonchev–Trinajstić information content (AvgIpc) is 3.09. The van der Waals surface area contributed by atoms with Crippen LogP contribution in [0.5, 0.6) is 0 Å². The van der Waals surface area contributed by atoms with Crippen LogP contribution in [0.3, 0.4) is 0 Å². The standard InChI is InChI=1S/C19H27N3O3/c20-17(13-7-2-1-3-8-13)18(24)21-12-6-10-15(23)19-22-14-9-4-5-11-16(14)25-19/h4-5,9,11,13,15,17,23H,1-3,6-8,10,12,20H2,(H,21,24). The van der Waals surface area contributed by atoms with Crippen molar-refractivity contribution in [1.82, 2.24) is 10.3 Å². The van der Waals surface area contributed by atoms with E-state index in [1.807, 2.05) is 24.3 Å². The third-order valence-electron chi connectivity index (χ3n) is 5.01. The van der Waals surface area contributed by atoms with Crippen molar-refractivity contribution in [1.29, 1.82) is 0 Å². The molecule has 0 saturated heterocycles. The Morgan fingerprint density at radius 2 is 2.08 bits per heavy atom. The molecule has 1 heterocycles. The van der Waals surface area contributed by atoms with Crippen LogP contribution in [0.2, 0.25) is 0 Å². The molecule has 1 aromatic carbocycles. The first-order valence-corrected chi connectivity index (χ1v) is 9.22. The minimum atomic E-state index is -0.767. The van der Waals surface area contributed by atoms with E-state index in [1.54, 1.807) is 0 Å². The molecule has 1 amide bonds. The fourth-order valence-corrected chi connectivity index (χ4v) is 3.49. The number of hydrogen-bond acceptors (Lipinski definition) is 5. The molecule has 6 heteroatoms. The van der Waals surface area contributed by atoms with Gasteiger partial charge in [-0.2, -0.15) is 0 Å². The van der Waals surface area contributed by atoms with Gasteiger partial charge in [0.05, 0.1) is 6.04 Å². The highest BCUT2D eigenvalue weighted by Gasteiger charge is 2.25. The predicted molar refractivity (Wildman–Crippen MR) is 95.8 cm³/mol. The molecule has 1 aliphatic rings. The minimum Gasteiger partial charge on any atom is -0.438 e. The van der Waals surface area contributed by atoms with Gasteiger partial charge < -0.3 is 20.6 Å². The second-order valence-corrected chi connectivity index (χ2v) is 6.89. The third-order valence-corrected chi connectivity index (χ3v) is 5.01. The maximum Gasteiger partial charge on any atom is 0.237 e. The van der Waals surface area contributed by atoms with Gasteiger partial charge in [0.25, 0.3) is 0 Å². The molecular formula is C19H27N3O3. The lowest BCUT2D eigenvalue weighted by atomic mass is 9.84. The first-order valence-electron chi connectivity index (χ1n) is 9.22. The zero-order chi connectivity index (χ0) is 17.6. The number of aliphatic hydroxyl groups excluding tert-OH is 1. The molecule has 25 heavy (non-hydrogen) atoms. The molecule has 1 fully saturated rings. The van der Waals surface area contributed by atoms with Crippen LogP contribution in [0.4, 0.5) is 0 Å². The zero-order valence-electron chi connectivity index (χ0n) is 14.5. The Morgan fingerprint density at radius 3 is 2.84 bits per heavy atom. The number of amides is 1. The Labute approximate surface area is 147 Å². The Morgan fingerprint density at radius 1 is 1.32 bits per heavy atom. The molecule has 1 aromatic heterocycles. The topological polar surface area (TPSA) is 101 Å². The largest absolute Gasteiger partial charge is 0.438 e. The molecule has 136 valence electrons. The van der Waals surface area contributed by atoms with Gasteiger partial charge in [-0.05, 0) is 43.7 Å². The highest BCUT2D eigenvalue weighted by atomic mass is 16.4. The van der Waals surface area contributed by atoms with Gasteiger partial charge in [0, 0.05) is 6.54 Å². The summed E-state index contributed by atoms with van der Waals surface area (Å²) in [7, 11) is 0. The number of nitrogens with two attached hydrogens (primary N) is 1. The van der Waals surface area contributed by atoms with Gasteiger partial charge in [0.2, 0.25) is 11.8 Å². The number of rotatable bonds is 7. The third kappa shape index (κ3) is 4.58. The van der Waals surface area contributed by atoms with Gasteiger partial charge >= 0.3 is 0 Å². The van der Waals surface area contributed by atoms with Crippen LogP contribution in [0, 0.1) is 5.92 Å². The lowest BCUT2D eigenvalue weighted by Crippen LogP contribution is -2.46. The summed E-state index contributed by atoms with van der Waals surface area (Å²) >= 11 is 0. The maximum atomic E-state index is 12.1. The van der Waals surface area contributed by atoms with E-state index in [0.717, 1.165) is 18.4 Å². The fourth-order valence-electron chi connectivity index (χ4n) is 3.49. The highest BCUT2D eigenvalue weighted by Crippen LogP contribution is 2.26. The number of oxazole rings is 1. The van der Waals surface area contributed by atoms with Gasteiger partial charge in [-0.3, -0.25) is 4.79 Å². The van der Waals surface area contributed by atoms with Crippen LogP contribution in [-0.4, -0.2) is 28.6 Å². The first-order chi connectivity index (χ1) is 12.1. The van der Waals surface area contributed by atoms with Gasteiger partial charge in [-0.25, -0.2) is 4.98 Å². The second-order valence-electron chi connectivity index (χ2n) is 6.89. The maximum absolute atomic E-state index is 12.1. The molecule has 0 radical (unpaired) electrons. The molecule has 0 bridgehead atoms. The van der Waals surface area contributed by atoms with Crippen LogP contribution in [0.1, 0.15) is 56.9 Å². The molecule has 1 saturated carbocycles. The molecule has 2 atom stereocenters. The summed E-state index contributed by atoms with van der Waals surface area (Å²) in [5.41, 5.74) is 7.49. The van der Waals surface area contributed by atoms with Crippen molar-refractivity contribution in [2.75, 3.05) is 6.54 Å². The molecule has 2 unspecified atom stereocenters. The Kier molecular flexibility index (Phi) is 6.04. The summed E-state index contributed by atoms with van der Waals surface area (Å²) in [4.78, 5) is 16.4. The van der Waals surface area contributed by atoms with Crippen molar-refractivity contribution in [2.45, 2.75) is 57.1 Å². The SMILES string of the molecule is NC(C(=O)NCCCC(O)c1nc2ccccc2o1)C1CCCCC1. The van der Waals surface area contributed by atoms with Crippen molar-refractivity contribution in [3.8, 4) is 0 Å². The highest BCUT2D eigenvalue weighted by molar-refractivity contribution is 5.81. The zero-order valence-corrected chi connectivity index (χ0v) is 14.5. The van der Waals surface area contributed by atoms with E-state index in [1.165, 1.54) is 19.3 Å². The summed E-state index contributed by atoms with van der Waals surface area (Å²) in [6.45, 7) is 0.497. The number of carbonyl (C=O) groups excluding carboxylic acids is 1. The molecule has 6 nitrogen and oxygen atoms in total. The van der Waals surface area contributed by atoms with Crippen molar-refractivity contribution < 1.29 is 14.3 Å². The van der Waals surface area contributed by atoms with Crippen molar-refractivity contribution >= 4 is 17.0 Å². The lowest BCUT2D eigenvalue weighted by Gasteiger charge is -2.26. The van der Waals surface area contributed by atoms with Crippen LogP contribution < -0.4 is 11.1 Å². The summed E-state index contributed by atoms with van der Waals surface area (Å²) in [6, 6.07) is 7.01. The van der Waals surface area contributed by atoms with E-state index in [9.17, 15) is 9.90 Å². The summed E-state index contributed by atoms with van der Waals surface area (Å²) < 4.78 is 5.56. The van der Waals surface area contributed by atoms with Crippen LogP contribution in [0.15, 0.2) is 28.7 Å². The molecule has 2 aromatic rings. The normalized spacial score (nSPS) is 18.2. The number of hydrogen-bond donors (Lipinski definition) is 3. The Hall–Kier alpha value is -1.92. The van der Waals surface area contributed by atoms with Crippen LogP contribution in [0.25, 0.3) is 11.1 Å². The van der Waals surface area contributed by atoms with E-state index in [0.29, 0.717) is 36.8 Å². The quantitative estimate of drug-likeness (QED) is 0.670. The number of para-hydroxylation sites is 2. The second kappa shape index (κ2) is 8.45. The molecule has 1 aliphatic carbocycles. The van der Waals surface area contributed by atoms with Crippen LogP contribution >= 0.6 is 0 Å². The number of carbonyl (C=O) groups is 1. The van der Waals surface area contributed by atoms with Crippen molar-refractivity contribution in [2.24, 2.45) is 11.7 Å². The van der Waals surface area contributed by atoms with Crippen molar-refractivity contribution in [3.05, 3.63) is 30.2 Å². The number of fused-ring (bicyclic) bond motifs is 1. The van der Waals surface area contributed by atoms with Gasteiger partial charge in [0.1, 0.15) is 11.6 Å². The monoisotopic (exact) mass is 345 g/mol. The van der Waals surface area contributed by atoms with E-state index in [4.69, 9.17) is 10.2 Å². The lowest BCUT2D eigenvalue weighted by molar-refractivity contribution is -0.123. The van der Waals surface area contributed by atoms with Crippen molar-refractivity contribution in [3.63, 3.8) is 0 Å². The molecule has 3 rings (SSSR count). The number of nitrogens with zero attached hydrogens (tertiary/aromatic N) is 1. The Bertz CT molecular complexity index is 661. The number of aromatic nitrogens is 1. The first kappa shape index (κ1) is 17.9. The van der Waals surface area contributed by atoms with Gasteiger partial charge in [-0.1, -0.05) is 31.4 Å². The molecule has 0 spiro atoms. The number of aliphatic hydroxyl groups is 1. The van der Waals surface area contributed by atoms with E-state index in [2.05, 4.69) is 10.3 Å². The summed E-state index contributed by atoms with van der Waals surface area (Å²) in [5, 5.41) is 13.1. The molecular weight excluding hydrogens is 318 g/mol. The predicted octanol–water partition coefficient (Wildman–Crippen LogP) is 2.67. The smallest absolute Gasteiger partial charge is 0.237 e. The molecule has 0 aliphatic heterocycles. The Balaban J connectivity index is 1.40. The van der Waals surface area contributed by atoms with E-state index < -0.39 is 12.1 Å². The molecule has 4 N–H and O–H groups in total. The van der Waals surface area contributed by atoms with Gasteiger partial charge in [-0.15, -0.1) is 0 Å².